The van der Waals surface area contributed by atoms with Crippen LogP contribution < -0.4 is 15.4 Å². The van der Waals surface area contributed by atoms with Gasteiger partial charge in [-0.25, -0.2) is 0 Å². The van der Waals surface area contributed by atoms with Crippen molar-refractivity contribution in [3.63, 3.8) is 0 Å². The Hall–Kier alpha value is -2.74. The number of nitrogens with zero attached hydrogens (tertiary/aromatic N) is 1. The molecule has 0 spiro atoms. The van der Waals surface area contributed by atoms with Crippen LogP contribution in [0.2, 0.25) is 0 Å². The molecule has 30 heavy (non-hydrogen) atoms. The van der Waals surface area contributed by atoms with Crippen LogP contribution in [0.4, 0.5) is 13.2 Å². The van der Waals surface area contributed by atoms with Crippen molar-refractivity contribution >= 4 is 5.96 Å². The van der Waals surface area contributed by atoms with Gasteiger partial charge in [0.15, 0.2) is 5.96 Å². The molecule has 0 fully saturated rings. The maximum atomic E-state index is 12.2. The van der Waals surface area contributed by atoms with Gasteiger partial charge in [-0.1, -0.05) is 36.4 Å². The summed E-state index contributed by atoms with van der Waals surface area (Å²) in [6.45, 7) is 1.85. The highest BCUT2D eigenvalue weighted by molar-refractivity contribution is 5.79. The van der Waals surface area contributed by atoms with Crippen LogP contribution in [0.1, 0.15) is 22.3 Å². The predicted molar refractivity (Wildman–Crippen MR) is 112 cm³/mol. The van der Waals surface area contributed by atoms with Crippen LogP contribution in [0, 0.1) is 6.92 Å². The van der Waals surface area contributed by atoms with E-state index in [2.05, 4.69) is 21.7 Å². The number of aryl methyl sites for hydroxylation is 1. The molecule has 0 unspecified atom stereocenters. The Morgan fingerprint density at radius 3 is 2.50 bits per heavy atom. The molecule has 164 valence electrons. The molecule has 0 radical (unpaired) electrons. The first-order valence-corrected chi connectivity index (χ1v) is 9.61. The van der Waals surface area contributed by atoms with Crippen molar-refractivity contribution < 1.29 is 22.6 Å². The minimum absolute atomic E-state index is 0.0830. The van der Waals surface area contributed by atoms with E-state index in [4.69, 9.17) is 9.47 Å². The fraction of sp³-hybridized carbons (Fsp3) is 0.409. The van der Waals surface area contributed by atoms with Crippen LogP contribution in [0.15, 0.2) is 47.5 Å². The summed E-state index contributed by atoms with van der Waals surface area (Å²) in [5, 5.41) is 6.46. The molecule has 0 aliphatic carbocycles. The van der Waals surface area contributed by atoms with E-state index in [-0.39, 0.29) is 6.61 Å². The molecular weight excluding hydrogens is 395 g/mol. The van der Waals surface area contributed by atoms with Gasteiger partial charge in [0.2, 0.25) is 0 Å². The Balaban J connectivity index is 1.79. The number of hydrogen-bond acceptors (Lipinski definition) is 3. The Labute approximate surface area is 175 Å². The smallest absolute Gasteiger partial charge is 0.411 e. The number of rotatable bonds is 9. The topological polar surface area (TPSA) is 54.9 Å². The molecule has 5 nitrogen and oxygen atoms in total. The molecule has 2 aromatic carbocycles. The van der Waals surface area contributed by atoms with E-state index in [0.717, 1.165) is 28.9 Å². The first-order valence-electron chi connectivity index (χ1n) is 9.61. The van der Waals surface area contributed by atoms with E-state index < -0.39 is 12.8 Å². The lowest BCUT2D eigenvalue weighted by molar-refractivity contribution is -0.176. The van der Waals surface area contributed by atoms with Gasteiger partial charge in [0, 0.05) is 20.1 Å². The zero-order valence-electron chi connectivity index (χ0n) is 17.5. The molecule has 0 amide bonds. The van der Waals surface area contributed by atoms with E-state index in [0.29, 0.717) is 24.6 Å². The number of guanidine groups is 1. The SMILES string of the molecule is CN=C(NCCc1ccc(C)c(OC)c1)NCc1cccc(COCC(F)(F)F)c1. The second-order valence-electron chi connectivity index (χ2n) is 6.83. The van der Waals surface area contributed by atoms with Crippen molar-refractivity contribution in [2.75, 3.05) is 27.3 Å². The van der Waals surface area contributed by atoms with Crippen molar-refractivity contribution in [2.24, 2.45) is 4.99 Å². The summed E-state index contributed by atoms with van der Waals surface area (Å²) < 4.78 is 46.6. The largest absolute Gasteiger partial charge is 0.496 e. The average molecular weight is 423 g/mol. The Bertz CT molecular complexity index is 839. The van der Waals surface area contributed by atoms with Gasteiger partial charge in [-0.15, -0.1) is 0 Å². The van der Waals surface area contributed by atoms with Crippen LogP contribution >= 0.6 is 0 Å². The van der Waals surface area contributed by atoms with Crippen LogP contribution in [-0.4, -0.2) is 39.4 Å². The highest BCUT2D eigenvalue weighted by Gasteiger charge is 2.27. The molecule has 0 bridgehead atoms. The van der Waals surface area contributed by atoms with Crippen LogP contribution in [-0.2, 0) is 24.3 Å². The number of benzene rings is 2. The first-order chi connectivity index (χ1) is 14.3. The highest BCUT2D eigenvalue weighted by Crippen LogP contribution is 2.19. The van der Waals surface area contributed by atoms with Gasteiger partial charge < -0.3 is 20.1 Å². The van der Waals surface area contributed by atoms with Crippen molar-refractivity contribution in [1.29, 1.82) is 0 Å². The van der Waals surface area contributed by atoms with E-state index in [1.165, 1.54) is 0 Å². The molecule has 0 atom stereocenters. The second-order valence-corrected chi connectivity index (χ2v) is 6.83. The molecule has 2 aromatic rings. The van der Waals surface area contributed by atoms with Crippen LogP contribution in [0.3, 0.4) is 0 Å². The summed E-state index contributed by atoms with van der Waals surface area (Å²) in [4.78, 5) is 4.20. The number of alkyl halides is 3. The molecule has 0 aromatic heterocycles. The highest BCUT2D eigenvalue weighted by atomic mass is 19.4. The van der Waals surface area contributed by atoms with Gasteiger partial charge in [-0.05, 0) is 41.7 Å². The quantitative estimate of drug-likeness (QED) is 0.473. The number of halogens is 3. The second kappa shape index (κ2) is 11.4. The minimum atomic E-state index is -4.32. The summed E-state index contributed by atoms with van der Waals surface area (Å²) in [6.07, 6.45) is -3.51. The summed E-state index contributed by atoms with van der Waals surface area (Å²) >= 11 is 0. The van der Waals surface area contributed by atoms with Gasteiger partial charge >= 0.3 is 6.18 Å². The third-order valence-electron chi connectivity index (χ3n) is 4.39. The third-order valence-corrected chi connectivity index (χ3v) is 4.39. The van der Waals surface area contributed by atoms with Crippen molar-refractivity contribution in [2.45, 2.75) is 32.7 Å². The van der Waals surface area contributed by atoms with Gasteiger partial charge in [0.25, 0.3) is 0 Å². The average Bonchev–Trinajstić information content (AvgIpc) is 2.71. The number of hydrogen-bond donors (Lipinski definition) is 2. The maximum absolute atomic E-state index is 12.2. The molecular formula is C22H28F3N3O2. The summed E-state index contributed by atoms with van der Waals surface area (Å²) in [7, 11) is 3.35. The fourth-order valence-electron chi connectivity index (χ4n) is 2.87. The van der Waals surface area contributed by atoms with E-state index in [1.54, 1.807) is 26.3 Å². The van der Waals surface area contributed by atoms with Crippen molar-refractivity contribution in [3.05, 3.63) is 64.7 Å². The van der Waals surface area contributed by atoms with Gasteiger partial charge in [-0.3, -0.25) is 4.99 Å². The Kier molecular flexibility index (Phi) is 8.98. The normalized spacial score (nSPS) is 12.0. The number of aliphatic imine (C=N–C) groups is 1. The van der Waals surface area contributed by atoms with Crippen molar-refractivity contribution in [3.8, 4) is 5.75 Å². The number of methoxy groups -OCH3 is 1. The summed E-state index contributed by atoms with van der Waals surface area (Å²) in [5.74, 6) is 1.52. The monoisotopic (exact) mass is 423 g/mol. The molecule has 0 heterocycles. The van der Waals surface area contributed by atoms with Crippen LogP contribution in [0.25, 0.3) is 0 Å². The Morgan fingerprint density at radius 1 is 1.03 bits per heavy atom. The Morgan fingerprint density at radius 2 is 1.80 bits per heavy atom. The molecule has 8 heteroatoms. The number of nitrogens with one attached hydrogen (secondary N) is 2. The zero-order chi connectivity index (χ0) is 22.0. The lowest BCUT2D eigenvalue weighted by Crippen LogP contribution is -2.37. The van der Waals surface area contributed by atoms with Gasteiger partial charge in [0.05, 0.1) is 13.7 Å². The summed E-state index contributed by atoms with van der Waals surface area (Å²) in [6, 6.07) is 13.4. The third kappa shape index (κ3) is 8.32. The van der Waals surface area contributed by atoms with E-state index in [9.17, 15) is 13.2 Å². The van der Waals surface area contributed by atoms with Crippen molar-refractivity contribution in [1.82, 2.24) is 10.6 Å². The predicted octanol–water partition coefficient (Wildman–Crippen LogP) is 3.99. The molecule has 0 aliphatic heterocycles. The molecule has 2 rings (SSSR count). The van der Waals surface area contributed by atoms with E-state index in [1.807, 2.05) is 31.2 Å². The lowest BCUT2D eigenvalue weighted by atomic mass is 10.1. The zero-order valence-corrected chi connectivity index (χ0v) is 17.5. The van der Waals surface area contributed by atoms with Gasteiger partial charge in [-0.2, -0.15) is 13.2 Å². The summed E-state index contributed by atoms with van der Waals surface area (Å²) in [5.41, 5.74) is 3.87. The van der Waals surface area contributed by atoms with Crippen LogP contribution in [0.5, 0.6) is 5.75 Å². The first kappa shape index (κ1) is 23.5. The number of ether oxygens (including phenoxy) is 2. The van der Waals surface area contributed by atoms with Gasteiger partial charge in [0.1, 0.15) is 12.4 Å². The molecule has 0 saturated heterocycles. The van der Waals surface area contributed by atoms with E-state index >= 15 is 0 Å². The molecule has 0 aliphatic rings. The molecule has 0 saturated carbocycles. The molecule has 2 N–H and O–H groups in total. The maximum Gasteiger partial charge on any atom is 0.411 e. The fourth-order valence-corrected chi connectivity index (χ4v) is 2.87. The minimum Gasteiger partial charge on any atom is -0.496 e. The standard InChI is InChI=1S/C22H28F3N3O2/c1-16-7-8-17(12-20(16)29-3)9-10-27-21(26-2)28-13-18-5-4-6-19(11-18)14-30-15-22(23,24)25/h4-8,11-12H,9-10,13-15H2,1-3H3,(H2,26,27,28). The lowest BCUT2D eigenvalue weighted by Gasteiger charge is -2.13.